The number of nitrogens with one attached hydrogen (secondary N) is 1. The van der Waals surface area contributed by atoms with Gasteiger partial charge in [0, 0.05) is 45.2 Å². The molecule has 0 radical (unpaired) electrons. The average Bonchev–Trinajstić information content (AvgIpc) is 3.06. The van der Waals surface area contributed by atoms with E-state index in [1.54, 1.807) is 8.61 Å². The molecule has 148 valence electrons. The molecule has 1 aromatic rings. The lowest BCUT2D eigenvalue weighted by Crippen LogP contribution is -2.49. The van der Waals surface area contributed by atoms with Gasteiger partial charge in [0.2, 0.25) is 0 Å². The van der Waals surface area contributed by atoms with Crippen LogP contribution in [0.1, 0.15) is 50.2 Å². The van der Waals surface area contributed by atoms with E-state index in [9.17, 15) is 8.42 Å². The zero-order valence-electron chi connectivity index (χ0n) is 15.3. The molecule has 10 heteroatoms. The van der Waals surface area contributed by atoms with Crippen LogP contribution in [0.5, 0.6) is 0 Å². The van der Waals surface area contributed by atoms with E-state index >= 15 is 0 Å². The first-order valence-electron chi connectivity index (χ1n) is 9.43. The second-order valence-corrected chi connectivity index (χ2v) is 9.49. The highest BCUT2D eigenvalue weighted by atomic mass is 35.5. The van der Waals surface area contributed by atoms with Gasteiger partial charge >= 0.3 is 0 Å². The highest BCUT2D eigenvalue weighted by molar-refractivity contribution is 7.86. The second kappa shape index (κ2) is 8.10. The van der Waals surface area contributed by atoms with Crippen molar-refractivity contribution in [3.05, 3.63) is 11.6 Å². The minimum atomic E-state index is -3.30. The molecule has 0 aliphatic carbocycles. The van der Waals surface area contributed by atoms with E-state index < -0.39 is 10.2 Å². The Morgan fingerprint density at radius 3 is 2.23 bits per heavy atom. The molecule has 0 saturated carbocycles. The summed E-state index contributed by atoms with van der Waals surface area (Å²) in [7, 11) is -3.30. The Kier molecular flexibility index (Phi) is 6.23. The number of hydrogen-bond acceptors (Lipinski definition) is 5. The summed E-state index contributed by atoms with van der Waals surface area (Å²) >= 11 is 0. The van der Waals surface area contributed by atoms with Gasteiger partial charge in [-0.1, -0.05) is 6.92 Å². The van der Waals surface area contributed by atoms with Gasteiger partial charge in [0.15, 0.2) is 0 Å². The van der Waals surface area contributed by atoms with Gasteiger partial charge in [-0.2, -0.15) is 17.0 Å². The summed E-state index contributed by atoms with van der Waals surface area (Å²) < 4.78 is 31.3. The predicted octanol–water partition coefficient (Wildman–Crippen LogP) is 0.959. The van der Waals surface area contributed by atoms with Crippen LogP contribution in [0.2, 0.25) is 0 Å². The van der Waals surface area contributed by atoms with Crippen LogP contribution in [0.25, 0.3) is 0 Å². The van der Waals surface area contributed by atoms with Crippen molar-refractivity contribution in [1.29, 1.82) is 0 Å². The molecule has 0 unspecified atom stereocenters. The van der Waals surface area contributed by atoms with E-state index in [2.05, 4.69) is 27.0 Å². The van der Waals surface area contributed by atoms with Crippen LogP contribution < -0.4 is 5.32 Å². The lowest BCUT2D eigenvalue weighted by Gasteiger charge is -2.37. The molecule has 8 nitrogen and oxygen atoms in total. The van der Waals surface area contributed by atoms with Crippen molar-refractivity contribution in [2.75, 3.05) is 32.7 Å². The Morgan fingerprint density at radius 1 is 0.962 bits per heavy atom. The van der Waals surface area contributed by atoms with Crippen molar-refractivity contribution in [2.24, 2.45) is 5.92 Å². The number of fused-ring (bicyclic) bond motifs is 1. The fourth-order valence-electron chi connectivity index (χ4n) is 4.14. The van der Waals surface area contributed by atoms with Crippen molar-refractivity contribution >= 4 is 22.6 Å². The smallest absolute Gasteiger partial charge is 0.281 e. The van der Waals surface area contributed by atoms with Gasteiger partial charge in [-0.3, -0.25) is 0 Å². The van der Waals surface area contributed by atoms with E-state index in [0.29, 0.717) is 38.0 Å². The van der Waals surface area contributed by atoms with Crippen LogP contribution in [0.4, 0.5) is 0 Å². The molecule has 3 aliphatic rings. The highest BCUT2D eigenvalue weighted by Crippen LogP contribution is 2.30. The fourth-order valence-corrected chi connectivity index (χ4v) is 5.81. The van der Waals surface area contributed by atoms with Crippen LogP contribution in [0.15, 0.2) is 0 Å². The quantitative estimate of drug-likeness (QED) is 0.811. The zero-order valence-corrected chi connectivity index (χ0v) is 16.9. The summed E-state index contributed by atoms with van der Waals surface area (Å²) in [4.78, 5) is 0. The van der Waals surface area contributed by atoms with Crippen LogP contribution in [-0.2, 0) is 23.3 Å². The molecular formula is C16H29ClN6O2S. The van der Waals surface area contributed by atoms with Crippen molar-refractivity contribution in [1.82, 2.24) is 28.7 Å². The summed E-state index contributed by atoms with van der Waals surface area (Å²) in [5.41, 5.74) is 0. The normalized spacial score (nSPS) is 24.2. The molecule has 1 aromatic heterocycles. The maximum atomic E-state index is 12.9. The Labute approximate surface area is 161 Å². The van der Waals surface area contributed by atoms with E-state index in [-0.39, 0.29) is 12.4 Å². The highest BCUT2D eigenvalue weighted by Gasteiger charge is 2.36. The van der Waals surface area contributed by atoms with Gasteiger partial charge in [-0.15, -0.1) is 22.6 Å². The maximum Gasteiger partial charge on any atom is 0.281 e. The van der Waals surface area contributed by atoms with Crippen LogP contribution in [-0.4, -0.2) is 64.5 Å². The van der Waals surface area contributed by atoms with Crippen molar-refractivity contribution in [2.45, 2.75) is 51.6 Å². The monoisotopic (exact) mass is 404 g/mol. The lowest BCUT2D eigenvalue weighted by atomic mass is 9.97. The van der Waals surface area contributed by atoms with E-state index in [4.69, 9.17) is 0 Å². The molecule has 1 N–H and O–H groups in total. The number of halogens is 1. The Hall–Kier alpha value is -0.740. The third-order valence-electron chi connectivity index (χ3n) is 5.87. The number of aromatic nitrogens is 3. The summed E-state index contributed by atoms with van der Waals surface area (Å²) in [5, 5.41) is 12.0. The Bertz CT molecular complexity index is 708. The first-order valence-corrected chi connectivity index (χ1v) is 10.8. The molecule has 0 aromatic carbocycles. The van der Waals surface area contributed by atoms with Gasteiger partial charge < -0.3 is 9.88 Å². The summed E-state index contributed by atoms with van der Waals surface area (Å²) in [6.07, 6.45) is 3.59. The van der Waals surface area contributed by atoms with Gasteiger partial charge in [0.1, 0.15) is 11.6 Å². The molecule has 2 fully saturated rings. The average molecular weight is 405 g/mol. The largest absolute Gasteiger partial charge is 0.312 e. The molecule has 0 bridgehead atoms. The second-order valence-electron chi connectivity index (χ2n) is 7.57. The lowest BCUT2D eigenvalue weighted by molar-refractivity contribution is 0.244. The maximum absolute atomic E-state index is 12.9. The van der Waals surface area contributed by atoms with Crippen LogP contribution in [0, 0.1) is 5.92 Å². The SMILES string of the molecule is CC1CCN(S(=O)(=O)N2CCC(c3nnc4n3CCNC4)CC2)CC1.Cl. The van der Waals surface area contributed by atoms with Crippen LogP contribution >= 0.6 is 12.4 Å². The minimum absolute atomic E-state index is 0. The minimum Gasteiger partial charge on any atom is -0.312 e. The molecule has 4 rings (SSSR count). The summed E-state index contributed by atoms with van der Waals surface area (Å²) in [5.74, 6) is 2.98. The van der Waals surface area contributed by atoms with Gasteiger partial charge in [-0.05, 0) is 31.6 Å². The van der Waals surface area contributed by atoms with Crippen molar-refractivity contribution < 1.29 is 8.42 Å². The standard InChI is InChI=1S/C16H28N6O2S.ClH/c1-13-2-7-20(8-3-13)25(23,24)21-9-4-14(5-10-21)16-19-18-15-12-17-6-11-22(15)16;/h13-14,17H,2-12H2,1H3;1H. The predicted molar refractivity (Wildman–Crippen MR) is 101 cm³/mol. The molecule has 2 saturated heterocycles. The molecule has 4 heterocycles. The van der Waals surface area contributed by atoms with Crippen molar-refractivity contribution in [3.8, 4) is 0 Å². The first kappa shape index (κ1) is 20.0. The number of hydrogen-bond donors (Lipinski definition) is 1. The third-order valence-corrected chi connectivity index (χ3v) is 7.90. The molecule has 26 heavy (non-hydrogen) atoms. The molecule has 0 spiro atoms. The fraction of sp³-hybridized carbons (Fsp3) is 0.875. The van der Waals surface area contributed by atoms with Gasteiger partial charge in [0.25, 0.3) is 10.2 Å². The van der Waals surface area contributed by atoms with Gasteiger partial charge in [0.05, 0.1) is 6.54 Å². The first-order chi connectivity index (χ1) is 12.1. The third kappa shape index (κ3) is 3.77. The van der Waals surface area contributed by atoms with E-state index in [1.807, 2.05) is 0 Å². The molecular weight excluding hydrogens is 376 g/mol. The van der Waals surface area contributed by atoms with Crippen molar-refractivity contribution in [3.63, 3.8) is 0 Å². The topological polar surface area (TPSA) is 83.4 Å². The molecule has 0 amide bonds. The number of piperidine rings is 2. The summed E-state index contributed by atoms with van der Waals surface area (Å²) in [6, 6.07) is 0. The van der Waals surface area contributed by atoms with Gasteiger partial charge in [-0.25, -0.2) is 0 Å². The van der Waals surface area contributed by atoms with Crippen LogP contribution in [0.3, 0.4) is 0 Å². The Balaban J connectivity index is 0.00000196. The Morgan fingerprint density at radius 2 is 1.58 bits per heavy atom. The number of rotatable bonds is 3. The molecule has 0 atom stereocenters. The summed E-state index contributed by atoms with van der Waals surface area (Å²) in [6.45, 7) is 7.31. The molecule has 3 aliphatic heterocycles. The van der Waals surface area contributed by atoms with E-state index in [1.165, 1.54) is 0 Å². The van der Waals surface area contributed by atoms with E-state index in [0.717, 1.165) is 57.0 Å². The zero-order chi connectivity index (χ0) is 17.4. The number of nitrogens with zero attached hydrogens (tertiary/aromatic N) is 5.